The zero-order valence-corrected chi connectivity index (χ0v) is 20.1. The number of phenolic OH excluding ortho intramolecular Hbond substituents is 1. The normalized spacial score (nSPS) is 16.0. The topological polar surface area (TPSA) is 142 Å². The molecule has 0 amide bonds. The number of hydrogen-bond acceptors (Lipinski definition) is 9. The van der Waals surface area contributed by atoms with Gasteiger partial charge in [0.25, 0.3) is 0 Å². The van der Waals surface area contributed by atoms with E-state index in [4.69, 9.17) is 25.6 Å². The number of hydrogen-bond donors (Lipinski definition) is 4. The summed E-state index contributed by atoms with van der Waals surface area (Å²) in [6.45, 7) is 3.44. The fraction of sp³-hybridized carbons (Fsp3) is 0.308. The van der Waals surface area contributed by atoms with Gasteiger partial charge in [-0.3, -0.25) is 10.4 Å². The van der Waals surface area contributed by atoms with Gasteiger partial charge in [0.15, 0.2) is 11.5 Å². The van der Waals surface area contributed by atoms with E-state index in [1.54, 1.807) is 12.1 Å². The molecule has 0 spiro atoms. The Balaban J connectivity index is 1.47. The highest BCUT2D eigenvalue weighted by Crippen LogP contribution is 2.34. The summed E-state index contributed by atoms with van der Waals surface area (Å²) in [5, 5.41) is 21.4. The predicted octanol–water partition coefficient (Wildman–Crippen LogP) is 3.21. The lowest BCUT2D eigenvalue weighted by Gasteiger charge is -2.22. The number of nitrogens with two attached hydrogens (primary N) is 1. The molecule has 10 nitrogen and oxygen atoms in total. The van der Waals surface area contributed by atoms with Crippen molar-refractivity contribution in [2.45, 2.75) is 18.8 Å². The van der Waals surface area contributed by atoms with Gasteiger partial charge in [-0.05, 0) is 56.3 Å². The molecule has 0 atom stereocenters. The Hall–Kier alpha value is -4.18. The Morgan fingerprint density at radius 1 is 1.08 bits per heavy atom. The van der Waals surface area contributed by atoms with Crippen molar-refractivity contribution >= 4 is 11.7 Å². The zero-order valence-electron chi connectivity index (χ0n) is 20.1. The maximum Gasteiger partial charge on any atom is 0.226 e. The van der Waals surface area contributed by atoms with Crippen LogP contribution < -0.4 is 20.5 Å². The lowest BCUT2D eigenvalue weighted by atomic mass is 9.97. The summed E-state index contributed by atoms with van der Waals surface area (Å²) in [5.74, 6) is 2.85. The number of nitrogen functional groups attached to an aromatic ring is 1. The number of aromatic nitrogens is 2. The molecule has 0 radical (unpaired) electrons. The van der Waals surface area contributed by atoms with Gasteiger partial charge in [-0.25, -0.2) is 0 Å². The molecule has 1 saturated heterocycles. The number of ether oxygens (including phenoxy) is 2. The van der Waals surface area contributed by atoms with E-state index in [0.29, 0.717) is 23.0 Å². The summed E-state index contributed by atoms with van der Waals surface area (Å²) in [6, 6.07) is 13.8. The Morgan fingerprint density at radius 3 is 2.58 bits per heavy atom. The van der Waals surface area contributed by atoms with Crippen molar-refractivity contribution < 1.29 is 14.6 Å². The van der Waals surface area contributed by atoms with Gasteiger partial charge >= 0.3 is 0 Å². The van der Waals surface area contributed by atoms with E-state index in [0.717, 1.165) is 50.4 Å². The summed E-state index contributed by atoms with van der Waals surface area (Å²) in [5.41, 5.74) is 7.02. The van der Waals surface area contributed by atoms with E-state index in [2.05, 4.69) is 20.2 Å². The minimum Gasteiger partial charge on any atom is -0.504 e. The minimum atomic E-state index is -0.126. The highest BCUT2D eigenvalue weighted by Gasteiger charge is 2.21. The van der Waals surface area contributed by atoms with Crippen LogP contribution in [0.3, 0.4) is 0 Å². The number of nitrogens with one attached hydrogen (secondary N) is 2. The van der Waals surface area contributed by atoms with Crippen LogP contribution in [0.2, 0.25) is 0 Å². The van der Waals surface area contributed by atoms with Crippen LogP contribution in [0, 0.1) is 5.41 Å². The van der Waals surface area contributed by atoms with Crippen molar-refractivity contribution in [1.29, 1.82) is 5.41 Å². The molecule has 3 heterocycles. The van der Waals surface area contributed by atoms with Crippen LogP contribution in [0.4, 0.5) is 0 Å². The first kappa shape index (κ1) is 23.6. The number of phenols is 1. The predicted molar refractivity (Wildman–Crippen MR) is 137 cm³/mol. The number of piperidine rings is 1. The van der Waals surface area contributed by atoms with Crippen molar-refractivity contribution in [3.8, 4) is 29.0 Å². The molecule has 5 N–H and O–H groups in total. The molecule has 1 aromatic heterocycles. The van der Waals surface area contributed by atoms with Gasteiger partial charge in [-0.2, -0.15) is 9.97 Å². The smallest absolute Gasteiger partial charge is 0.226 e. The Labute approximate surface area is 209 Å². The molecule has 3 aromatic rings. The summed E-state index contributed by atoms with van der Waals surface area (Å²) in [6.07, 6.45) is 1.80. The average molecular weight is 488 g/mol. The van der Waals surface area contributed by atoms with Gasteiger partial charge in [0, 0.05) is 30.6 Å². The molecule has 0 bridgehead atoms. The first-order valence-electron chi connectivity index (χ1n) is 11.9. The Morgan fingerprint density at radius 2 is 1.86 bits per heavy atom. The quantitative estimate of drug-likeness (QED) is 0.294. The number of rotatable bonds is 7. The van der Waals surface area contributed by atoms with Gasteiger partial charge in [0.2, 0.25) is 11.8 Å². The van der Waals surface area contributed by atoms with E-state index >= 15 is 0 Å². The molecule has 0 saturated carbocycles. The lowest BCUT2D eigenvalue weighted by Crippen LogP contribution is -2.27. The van der Waals surface area contributed by atoms with Crippen LogP contribution >= 0.6 is 0 Å². The van der Waals surface area contributed by atoms with Crippen LogP contribution in [0.15, 0.2) is 53.5 Å². The van der Waals surface area contributed by atoms with Crippen LogP contribution in [0.1, 0.15) is 35.7 Å². The van der Waals surface area contributed by atoms with E-state index < -0.39 is 0 Å². The third-order valence-corrected chi connectivity index (χ3v) is 6.26. The second-order valence-electron chi connectivity index (χ2n) is 8.88. The van der Waals surface area contributed by atoms with Gasteiger partial charge < -0.3 is 30.5 Å². The molecule has 2 aliphatic heterocycles. The second-order valence-corrected chi connectivity index (χ2v) is 8.88. The number of nitrogens with zero attached hydrogens (tertiary/aromatic N) is 4. The van der Waals surface area contributed by atoms with E-state index in [1.165, 1.54) is 12.1 Å². The van der Waals surface area contributed by atoms with Crippen LogP contribution in [-0.4, -0.2) is 64.9 Å². The van der Waals surface area contributed by atoms with Crippen molar-refractivity contribution in [3.05, 3.63) is 65.5 Å². The largest absolute Gasteiger partial charge is 0.504 e. The Kier molecular flexibility index (Phi) is 6.68. The number of likely N-dealkylation sites (N-methyl/N-ethyl adjacent to an activating group) is 1. The fourth-order valence-corrected chi connectivity index (χ4v) is 4.33. The molecule has 2 aromatic carbocycles. The summed E-state index contributed by atoms with van der Waals surface area (Å²) < 4.78 is 12.1. The first-order valence-corrected chi connectivity index (χ1v) is 11.9. The summed E-state index contributed by atoms with van der Waals surface area (Å²) in [7, 11) is 2.02. The maximum atomic E-state index is 10.3. The van der Waals surface area contributed by atoms with Crippen LogP contribution in [0.5, 0.6) is 29.0 Å². The molecular weight excluding hydrogens is 458 g/mol. The van der Waals surface area contributed by atoms with Crippen molar-refractivity contribution in [1.82, 2.24) is 20.2 Å². The number of amidine groups is 2. The molecule has 2 aliphatic rings. The maximum absolute atomic E-state index is 10.3. The van der Waals surface area contributed by atoms with Crippen molar-refractivity contribution in [2.24, 2.45) is 10.7 Å². The first-order chi connectivity index (χ1) is 17.5. The average Bonchev–Trinajstić information content (AvgIpc) is 3.31. The number of aliphatic imine (C=N–C) groups is 1. The molecular formula is C26H29N7O3. The van der Waals surface area contributed by atoms with Crippen LogP contribution in [-0.2, 0) is 0 Å². The third kappa shape index (κ3) is 5.23. The minimum absolute atomic E-state index is 0.0846. The highest BCUT2D eigenvalue weighted by atomic mass is 16.5. The molecule has 36 heavy (non-hydrogen) atoms. The standard InChI is InChI=1S/C26H29N7O3/c1-33-12-11-30-26(33)18-3-2-4-19(13-18)35-22-15-23(32-25(31-22)16-7-9-29-10-8-16)36-21-14-17(24(27)28)5-6-20(21)34/h2-6,13-16,29,34H,7-12H2,1H3,(H3,27,28). The summed E-state index contributed by atoms with van der Waals surface area (Å²) >= 11 is 0. The zero-order chi connectivity index (χ0) is 25.1. The molecule has 1 fully saturated rings. The Bertz CT molecular complexity index is 1300. The second kappa shape index (κ2) is 10.2. The van der Waals surface area contributed by atoms with Gasteiger partial charge in [0.05, 0.1) is 12.6 Å². The molecule has 186 valence electrons. The number of benzene rings is 2. The van der Waals surface area contributed by atoms with Gasteiger partial charge in [-0.1, -0.05) is 12.1 Å². The fourth-order valence-electron chi connectivity index (χ4n) is 4.33. The summed E-state index contributed by atoms with van der Waals surface area (Å²) in [4.78, 5) is 16.0. The molecule has 10 heteroatoms. The van der Waals surface area contributed by atoms with Gasteiger partial charge in [0.1, 0.15) is 23.2 Å². The number of aromatic hydroxyl groups is 1. The van der Waals surface area contributed by atoms with Gasteiger partial charge in [-0.15, -0.1) is 0 Å². The monoisotopic (exact) mass is 487 g/mol. The van der Waals surface area contributed by atoms with Crippen molar-refractivity contribution in [3.63, 3.8) is 0 Å². The van der Waals surface area contributed by atoms with Crippen molar-refractivity contribution in [2.75, 3.05) is 33.2 Å². The molecule has 5 rings (SSSR count). The highest BCUT2D eigenvalue weighted by molar-refractivity contribution is 6.00. The third-order valence-electron chi connectivity index (χ3n) is 6.26. The van der Waals surface area contributed by atoms with E-state index in [1.807, 2.05) is 31.3 Å². The van der Waals surface area contributed by atoms with E-state index in [-0.39, 0.29) is 29.1 Å². The van der Waals surface area contributed by atoms with E-state index in [9.17, 15) is 5.11 Å². The SMILES string of the molecule is CN1CCN=C1c1cccc(Oc2cc(Oc3cc(C(=N)N)ccc3O)nc(C3CCNCC3)n2)c1. The van der Waals surface area contributed by atoms with Crippen LogP contribution in [0.25, 0.3) is 0 Å². The molecule has 0 unspecified atom stereocenters. The lowest BCUT2D eigenvalue weighted by molar-refractivity contribution is 0.384. The molecule has 0 aliphatic carbocycles.